The van der Waals surface area contributed by atoms with Crippen molar-refractivity contribution in [1.82, 2.24) is 4.98 Å². The van der Waals surface area contributed by atoms with Gasteiger partial charge < -0.3 is 4.74 Å². The molecule has 5 heteroatoms. The molecule has 0 unspecified atom stereocenters. The van der Waals surface area contributed by atoms with E-state index >= 15 is 0 Å². The summed E-state index contributed by atoms with van der Waals surface area (Å²) in [6.07, 6.45) is 1.70. The van der Waals surface area contributed by atoms with Crippen molar-refractivity contribution in [3.05, 3.63) is 28.0 Å². The summed E-state index contributed by atoms with van der Waals surface area (Å²) in [5.41, 5.74) is 0.493. The first kappa shape index (κ1) is 9.15. The van der Waals surface area contributed by atoms with Gasteiger partial charge in [-0.1, -0.05) is 11.6 Å². The van der Waals surface area contributed by atoms with E-state index in [1.54, 1.807) is 18.2 Å². The Balaban J connectivity index is 2.48. The number of fused-ring (bicyclic) bond motifs is 1. The van der Waals surface area contributed by atoms with E-state index in [1.807, 2.05) is 0 Å². The molecule has 0 bridgehead atoms. The number of rotatable bonds is 1. The first-order chi connectivity index (χ1) is 6.70. The van der Waals surface area contributed by atoms with E-state index in [0.717, 1.165) is 5.22 Å². The lowest BCUT2D eigenvalue weighted by Crippen LogP contribution is -2.24. The summed E-state index contributed by atoms with van der Waals surface area (Å²) in [5.74, 6) is -0.390. The minimum atomic E-state index is -0.582. The highest BCUT2D eigenvalue weighted by Crippen LogP contribution is 2.01. The summed E-state index contributed by atoms with van der Waals surface area (Å²) in [6.45, 7) is 0. The molecule has 0 saturated heterocycles. The van der Waals surface area contributed by atoms with Crippen LogP contribution in [0.25, 0.3) is 6.08 Å². The van der Waals surface area contributed by atoms with Crippen molar-refractivity contribution in [3.63, 3.8) is 0 Å². The molecule has 0 aromatic carbocycles. The van der Waals surface area contributed by atoms with Crippen molar-refractivity contribution < 1.29 is 9.53 Å². The number of esters is 1. The Hall–Kier alpha value is -1.42. The van der Waals surface area contributed by atoms with Gasteiger partial charge in [0, 0.05) is 5.22 Å². The molecule has 0 fully saturated rings. The molecule has 2 heterocycles. The van der Waals surface area contributed by atoms with Crippen LogP contribution in [0.4, 0.5) is 0 Å². The zero-order valence-corrected chi connectivity index (χ0v) is 8.15. The lowest BCUT2D eigenvalue weighted by Gasteiger charge is -1.99. The summed E-state index contributed by atoms with van der Waals surface area (Å²) in [6, 6.07) is 2.85. The Morgan fingerprint density at radius 2 is 2.36 bits per heavy atom. The summed E-state index contributed by atoms with van der Waals surface area (Å²) in [5, 5.41) is 1.18. The molecule has 0 aliphatic carbocycles. The van der Waals surface area contributed by atoms with Gasteiger partial charge in [0.1, 0.15) is 5.15 Å². The predicted octanol–water partition coefficient (Wildman–Crippen LogP) is -0.310. The van der Waals surface area contributed by atoms with Gasteiger partial charge in [0.15, 0.2) is 11.5 Å². The van der Waals surface area contributed by atoms with Crippen LogP contribution < -0.4 is 10.7 Å². The number of methoxy groups -OCH3 is 1. The maximum absolute atomic E-state index is 11.2. The molecule has 0 radical (unpaired) electrons. The Kier molecular flexibility index (Phi) is 2.21. The number of carbonyl (C=O) groups excluding carboxylic acids is 1. The van der Waals surface area contributed by atoms with Crippen LogP contribution in [-0.4, -0.2) is 24.1 Å². The third kappa shape index (κ3) is 1.48. The van der Waals surface area contributed by atoms with Crippen LogP contribution in [-0.2, 0) is 9.53 Å². The van der Waals surface area contributed by atoms with Crippen LogP contribution in [0.2, 0.25) is 5.15 Å². The Morgan fingerprint density at radius 3 is 3.07 bits per heavy atom. The van der Waals surface area contributed by atoms with Crippen LogP contribution in [0.3, 0.4) is 0 Å². The van der Waals surface area contributed by atoms with Crippen LogP contribution in [0.5, 0.6) is 0 Å². The normalized spacial score (nSPS) is 18.0. The third-order valence-electron chi connectivity index (χ3n) is 1.91. The second-order valence-electron chi connectivity index (χ2n) is 2.81. The van der Waals surface area contributed by atoms with Gasteiger partial charge in [0.2, 0.25) is 0 Å². The molecular formula is C9H7ClN2O2. The second kappa shape index (κ2) is 3.38. The average molecular weight is 211 g/mol. The number of hydrogen-bond donors (Lipinski definition) is 0. The molecule has 1 aliphatic rings. The van der Waals surface area contributed by atoms with Crippen LogP contribution in [0.15, 0.2) is 17.1 Å². The highest BCUT2D eigenvalue weighted by molar-refractivity contribution is 6.29. The van der Waals surface area contributed by atoms with Crippen molar-refractivity contribution in [2.24, 2.45) is 4.99 Å². The second-order valence-corrected chi connectivity index (χ2v) is 3.20. The van der Waals surface area contributed by atoms with E-state index in [0.29, 0.717) is 10.6 Å². The van der Waals surface area contributed by atoms with E-state index in [-0.39, 0.29) is 5.97 Å². The summed E-state index contributed by atoms with van der Waals surface area (Å²) >= 11 is 5.68. The molecule has 2 rings (SSSR count). The largest absolute Gasteiger partial charge is 0.467 e. The monoisotopic (exact) mass is 210 g/mol. The molecule has 1 atom stereocenters. The number of hydrogen-bond acceptors (Lipinski definition) is 4. The molecule has 1 aromatic rings. The zero-order chi connectivity index (χ0) is 10.1. The van der Waals surface area contributed by atoms with Gasteiger partial charge in [-0.2, -0.15) is 0 Å². The average Bonchev–Trinajstić information content (AvgIpc) is 2.59. The number of ether oxygens (including phenoxy) is 1. The van der Waals surface area contributed by atoms with Crippen LogP contribution in [0.1, 0.15) is 0 Å². The van der Waals surface area contributed by atoms with Crippen LogP contribution in [0, 0.1) is 0 Å². The van der Waals surface area contributed by atoms with Crippen molar-refractivity contribution in [2.75, 3.05) is 7.11 Å². The van der Waals surface area contributed by atoms with E-state index in [4.69, 9.17) is 11.6 Å². The van der Waals surface area contributed by atoms with Crippen molar-refractivity contribution >= 4 is 23.6 Å². The van der Waals surface area contributed by atoms with Gasteiger partial charge in [-0.3, -0.25) is 0 Å². The molecule has 1 aromatic heterocycles. The first-order valence-corrected chi connectivity index (χ1v) is 4.38. The number of aromatic nitrogens is 1. The molecule has 0 amide bonds. The minimum absolute atomic E-state index is 0.367. The van der Waals surface area contributed by atoms with Gasteiger partial charge in [0.05, 0.1) is 7.11 Å². The predicted molar refractivity (Wildman–Crippen MR) is 50.3 cm³/mol. The SMILES string of the molecule is COC(=O)[C@H]1C=c2ccc(Cl)nc2=N1. The minimum Gasteiger partial charge on any atom is -0.467 e. The smallest absolute Gasteiger partial charge is 0.334 e. The number of halogens is 1. The van der Waals surface area contributed by atoms with Crippen molar-refractivity contribution in [1.29, 1.82) is 0 Å². The fraction of sp³-hybridized carbons (Fsp3) is 0.222. The van der Waals surface area contributed by atoms with Gasteiger partial charge in [-0.05, 0) is 18.2 Å². The van der Waals surface area contributed by atoms with Gasteiger partial charge in [0.25, 0.3) is 0 Å². The standard InChI is InChI=1S/C9H7ClN2O2/c1-14-9(13)6-4-5-2-3-7(10)12-8(5)11-6/h2-4,6H,1H3/t6-/m1/s1. The fourth-order valence-corrected chi connectivity index (χ4v) is 1.39. The topological polar surface area (TPSA) is 51.5 Å². The molecule has 14 heavy (non-hydrogen) atoms. The first-order valence-electron chi connectivity index (χ1n) is 4.01. The Labute approximate surface area is 84.9 Å². The Bertz CT molecular complexity index is 498. The summed E-state index contributed by atoms with van der Waals surface area (Å²) in [4.78, 5) is 19.2. The highest BCUT2D eigenvalue weighted by atomic mass is 35.5. The van der Waals surface area contributed by atoms with Crippen molar-refractivity contribution in [2.45, 2.75) is 6.04 Å². The highest BCUT2D eigenvalue weighted by Gasteiger charge is 2.18. The molecule has 1 aliphatic heterocycles. The van der Waals surface area contributed by atoms with Gasteiger partial charge >= 0.3 is 5.97 Å². The lowest BCUT2D eigenvalue weighted by atomic mass is 10.3. The maximum atomic E-state index is 11.2. The van der Waals surface area contributed by atoms with Crippen LogP contribution >= 0.6 is 11.6 Å². The third-order valence-corrected chi connectivity index (χ3v) is 2.12. The molecule has 0 N–H and O–H groups in total. The lowest BCUT2D eigenvalue weighted by molar-refractivity contribution is -0.140. The molecular weight excluding hydrogens is 204 g/mol. The van der Waals surface area contributed by atoms with Gasteiger partial charge in [-0.15, -0.1) is 0 Å². The van der Waals surface area contributed by atoms with E-state index in [2.05, 4.69) is 14.7 Å². The van der Waals surface area contributed by atoms with E-state index in [1.165, 1.54) is 7.11 Å². The van der Waals surface area contributed by atoms with E-state index < -0.39 is 6.04 Å². The number of pyridine rings is 1. The molecule has 0 saturated carbocycles. The molecule has 4 nitrogen and oxygen atoms in total. The van der Waals surface area contributed by atoms with E-state index in [9.17, 15) is 4.79 Å². The number of carbonyl (C=O) groups is 1. The fourth-order valence-electron chi connectivity index (χ4n) is 1.25. The summed E-state index contributed by atoms with van der Waals surface area (Å²) in [7, 11) is 1.33. The van der Waals surface area contributed by atoms with Crippen molar-refractivity contribution in [3.8, 4) is 0 Å². The number of nitrogens with zero attached hydrogens (tertiary/aromatic N) is 2. The van der Waals surface area contributed by atoms with Gasteiger partial charge in [-0.25, -0.2) is 14.8 Å². The molecule has 0 spiro atoms. The quantitative estimate of drug-likeness (QED) is 0.472. The maximum Gasteiger partial charge on any atom is 0.334 e. The summed E-state index contributed by atoms with van der Waals surface area (Å²) < 4.78 is 4.57. The zero-order valence-electron chi connectivity index (χ0n) is 7.40. The molecule has 72 valence electrons. The Morgan fingerprint density at radius 1 is 1.57 bits per heavy atom.